The van der Waals surface area contributed by atoms with E-state index in [-0.39, 0.29) is 11.6 Å². The smallest absolute Gasteiger partial charge is 0.259 e. The Balaban J connectivity index is 1.56. The van der Waals surface area contributed by atoms with Gasteiger partial charge in [0.25, 0.3) is 5.56 Å². The van der Waals surface area contributed by atoms with Crippen molar-refractivity contribution in [3.05, 3.63) is 134 Å². The average Bonchev–Trinajstić information content (AvgIpc) is 2.85. The van der Waals surface area contributed by atoms with E-state index >= 15 is 0 Å². The van der Waals surface area contributed by atoms with Crippen LogP contribution in [0, 0.1) is 20.8 Å². The second-order valence-corrected chi connectivity index (χ2v) is 9.37. The number of nitrogens with zero attached hydrogens (tertiary/aromatic N) is 3. The summed E-state index contributed by atoms with van der Waals surface area (Å²) in [7, 11) is 0. The Bertz CT molecular complexity index is 1320. The maximum Gasteiger partial charge on any atom is 0.259 e. The summed E-state index contributed by atoms with van der Waals surface area (Å²) in [5.41, 5.74) is 7.93. The van der Waals surface area contributed by atoms with Crippen LogP contribution < -0.4 is 5.56 Å². The molecule has 34 heavy (non-hydrogen) atoms. The standard InChI is InChI=1S/C30H31N3O/c1-21-14-15-22(2)26(18-21)19-32-17-16-28-27(20-32)30(34)33(23(3)31-28)29(24-10-6-4-7-11-24)25-12-8-5-9-13-25/h4-15,18,29H,16-17,19-20H2,1-3H3. The molecule has 0 fully saturated rings. The molecule has 4 aromatic rings. The van der Waals surface area contributed by atoms with E-state index in [9.17, 15) is 4.79 Å². The van der Waals surface area contributed by atoms with Gasteiger partial charge in [-0.15, -0.1) is 0 Å². The van der Waals surface area contributed by atoms with E-state index in [2.05, 4.69) is 61.2 Å². The third-order valence-corrected chi connectivity index (χ3v) is 6.90. The van der Waals surface area contributed by atoms with Gasteiger partial charge in [-0.3, -0.25) is 14.3 Å². The second-order valence-electron chi connectivity index (χ2n) is 9.37. The molecule has 1 aliphatic rings. The number of aryl methyl sites for hydroxylation is 3. The summed E-state index contributed by atoms with van der Waals surface area (Å²) < 4.78 is 1.89. The van der Waals surface area contributed by atoms with Crippen molar-refractivity contribution >= 4 is 0 Å². The first-order valence-electron chi connectivity index (χ1n) is 12.0. The molecule has 2 heterocycles. The largest absolute Gasteiger partial charge is 0.294 e. The van der Waals surface area contributed by atoms with Gasteiger partial charge in [0.1, 0.15) is 5.82 Å². The lowest BCUT2D eigenvalue weighted by atomic mass is 9.97. The van der Waals surface area contributed by atoms with Gasteiger partial charge in [0.15, 0.2) is 0 Å². The molecule has 0 aliphatic carbocycles. The fourth-order valence-corrected chi connectivity index (χ4v) is 5.08. The van der Waals surface area contributed by atoms with E-state index in [1.165, 1.54) is 16.7 Å². The lowest BCUT2D eigenvalue weighted by Crippen LogP contribution is -2.40. The van der Waals surface area contributed by atoms with Gasteiger partial charge in [0.05, 0.1) is 17.3 Å². The van der Waals surface area contributed by atoms with Crippen molar-refractivity contribution in [3.8, 4) is 0 Å². The van der Waals surface area contributed by atoms with Gasteiger partial charge >= 0.3 is 0 Å². The third kappa shape index (κ3) is 4.34. The van der Waals surface area contributed by atoms with E-state index in [1.807, 2.05) is 47.9 Å². The van der Waals surface area contributed by atoms with Crippen LogP contribution in [0.2, 0.25) is 0 Å². The van der Waals surface area contributed by atoms with Crippen LogP contribution >= 0.6 is 0 Å². The molecule has 5 rings (SSSR count). The molecular weight excluding hydrogens is 418 g/mol. The van der Waals surface area contributed by atoms with Crippen molar-refractivity contribution in [3.63, 3.8) is 0 Å². The van der Waals surface area contributed by atoms with E-state index in [0.717, 1.165) is 47.7 Å². The minimum atomic E-state index is -0.206. The van der Waals surface area contributed by atoms with Gasteiger partial charge in [-0.25, -0.2) is 4.98 Å². The second kappa shape index (κ2) is 9.40. The number of benzene rings is 3. The van der Waals surface area contributed by atoms with Crippen molar-refractivity contribution in [1.29, 1.82) is 0 Å². The zero-order valence-electron chi connectivity index (χ0n) is 20.2. The fourth-order valence-electron chi connectivity index (χ4n) is 5.08. The first-order valence-corrected chi connectivity index (χ1v) is 12.0. The zero-order valence-corrected chi connectivity index (χ0v) is 20.2. The number of aromatic nitrogens is 2. The fraction of sp³-hybridized carbons (Fsp3) is 0.267. The van der Waals surface area contributed by atoms with Crippen LogP contribution in [0.1, 0.15) is 50.9 Å². The summed E-state index contributed by atoms with van der Waals surface area (Å²) in [4.78, 5) is 21.4. The first kappa shape index (κ1) is 22.3. The van der Waals surface area contributed by atoms with E-state index in [0.29, 0.717) is 6.54 Å². The zero-order chi connectivity index (χ0) is 23.7. The van der Waals surface area contributed by atoms with Gasteiger partial charge in [-0.1, -0.05) is 84.4 Å². The number of rotatable bonds is 5. The van der Waals surface area contributed by atoms with Crippen molar-refractivity contribution < 1.29 is 0 Å². The maximum absolute atomic E-state index is 14.0. The van der Waals surface area contributed by atoms with Crippen LogP contribution in [0.3, 0.4) is 0 Å². The van der Waals surface area contributed by atoms with E-state index < -0.39 is 0 Å². The predicted molar refractivity (Wildman–Crippen MR) is 137 cm³/mol. The molecule has 4 nitrogen and oxygen atoms in total. The topological polar surface area (TPSA) is 38.1 Å². The van der Waals surface area contributed by atoms with Gasteiger partial charge in [-0.2, -0.15) is 0 Å². The summed E-state index contributed by atoms with van der Waals surface area (Å²) in [6.45, 7) is 8.65. The quantitative estimate of drug-likeness (QED) is 0.411. The van der Waals surface area contributed by atoms with Crippen LogP contribution in [0.25, 0.3) is 0 Å². The molecule has 0 bridgehead atoms. The summed E-state index contributed by atoms with van der Waals surface area (Å²) in [6, 6.07) is 26.9. The van der Waals surface area contributed by atoms with Crippen molar-refractivity contribution in [2.75, 3.05) is 6.54 Å². The highest BCUT2D eigenvalue weighted by Gasteiger charge is 2.27. The van der Waals surface area contributed by atoms with Gasteiger partial charge in [0, 0.05) is 26.1 Å². The van der Waals surface area contributed by atoms with Crippen molar-refractivity contribution in [2.24, 2.45) is 0 Å². The molecule has 3 aromatic carbocycles. The van der Waals surface area contributed by atoms with Crippen LogP contribution in [-0.2, 0) is 19.5 Å². The maximum atomic E-state index is 14.0. The Labute approximate surface area is 201 Å². The van der Waals surface area contributed by atoms with Crippen molar-refractivity contribution in [1.82, 2.24) is 14.5 Å². The molecule has 0 saturated heterocycles. The lowest BCUT2D eigenvalue weighted by Gasteiger charge is -2.31. The first-order chi connectivity index (χ1) is 16.5. The van der Waals surface area contributed by atoms with Gasteiger partial charge in [0.2, 0.25) is 0 Å². The predicted octanol–water partition coefficient (Wildman–Crippen LogP) is 5.36. The highest BCUT2D eigenvalue weighted by Crippen LogP contribution is 2.28. The average molecular weight is 450 g/mol. The molecule has 172 valence electrons. The molecule has 0 unspecified atom stereocenters. The normalized spacial score (nSPS) is 13.8. The Morgan fingerprint density at radius 3 is 2.18 bits per heavy atom. The molecule has 1 aliphatic heterocycles. The Hall–Kier alpha value is -3.50. The van der Waals surface area contributed by atoms with E-state index in [4.69, 9.17) is 4.98 Å². The lowest BCUT2D eigenvalue weighted by molar-refractivity contribution is 0.239. The van der Waals surface area contributed by atoms with Gasteiger partial charge in [-0.05, 0) is 43.0 Å². The van der Waals surface area contributed by atoms with Crippen LogP contribution in [0.5, 0.6) is 0 Å². The Kier molecular flexibility index (Phi) is 6.16. The molecule has 0 N–H and O–H groups in total. The highest BCUT2D eigenvalue weighted by molar-refractivity contribution is 5.35. The summed E-state index contributed by atoms with van der Waals surface area (Å²) in [5.74, 6) is 0.768. The SMILES string of the molecule is Cc1ccc(C)c(CN2CCc3nc(C)n(C(c4ccccc4)c4ccccc4)c(=O)c3C2)c1. The van der Waals surface area contributed by atoms with Gasteiger partial charge < -0.3 is 0 Å². The molecular formula is C30H31N3O. The minimum absolute atomic E-state index is 0.0749. The molecule has 0 atom stereocenters. The number of hydrogen-bond acceptors (Lipinski definition) is 3. The number of hydrogen-bond donors (Lipinski definition) is 0. The van der Waals surface area contributed by atoms with Crippen molar-refractivity contribution in [2.45, 2.75) is 46.3 Å². The molecule has 4 heteroatoms. The Morgan fingerprint density at radius 2 is 1.53 bits per heavy atom. The Morgan fingerprint density at radius 1 is 0.882 bits per heavy atom. The molecule has 0 spiro atoms. The highest BCUT2D eigenvalue weighted by atomic mass is 16.1. The van der Waals surface area contributed by atoms with Crippen LogP contribution in [0.15, 0.2) is 83.7 Å². The van der Waals surface area contributed by atoms with E-state index in [1.54, 1.807) is 0 Å². The molecule has 0 saturated carbocycles. The summed E-state index contributed by atoms with van der Waals surface area (Å²) in [5, 5.41) is 0. The third-order valence-electron chi connectivity index (χ3n) is 6.90. The molecule has 0 radical (unpaired) electrons. The van der Waals surface area contributed by atoms with Crippen LogP contribution in [0.4, 0.5) is 0 Å². The minimum Gasteiger partial charge on any atom is -0.294 e. The monoisotopic (exact) mass is 449 g/mol. The molecule has 1 aromatic heterocycles. The summed E-state index contributed by atoms with van der Waals surface area (Å²) >= 11 is 0. The number of fused-ring (bicyclic) bond motifs is 1. The molecule has 0 amide bonds. The summed E-state index contributed by atoms with van der Waals surface area (Å²) in [6.07, 6.45) is 0.804. The van der Waals surface area contributed by atoms with Crippen LogP contribution in [-0.4, -0.2) is 21.0 Å².